The van der Waals surface area contributed by atoms with Gasteiger partial charge in [0.15, 0.2) is 5.82 Å². The minimum atomic E-state index is -0.526. The van der Waals surface area contributed by atoms with Crippen LogP contribution in [0, 0.1) is 5.92 Å². The highest BCUT2D eigenvalue weighted by molar-refractivity contribution is 5.57. The molecule has 3 N–H and O–H groups in total. The van der Waals surface area contributed by atoms with Crippen molar-refractivity contribution in [3.8, 4) is 22.8 Å². The first-order chi connectivity index (χ1) is 16.4. The average molecular weight is 462 g/mol. The Balaban J connectivity index is 0.00000158. The van der Waals surface area contributed by atoms with Crippen molar-refractivity contribution in [2.24, 2.45) is 5.92 Å². The summed E-state index contributed by atoms with van der Waals surface area (Å²) in [5.74, 6) is 1.98. The van der Waals surface area contributed by atoms with E-state index in [1.807, 2.05) is 39.1 Å². The number of anilines is 2. The molecule has 4 rings (SSSR count). The molecule has 34 heavy (non-hydrogen) atoms. The number of nitrogens with two attached hydrogens (primary N) is 1. The van der Waals surface area contributed by atoms with E-state index in [4.69, 9.17) is 10.3 Å². The van der Waals surface area contributed by atoms with Crippen LogP contribution in [0.4, 0.5) is 11.8 Å². The van der Waals surface area contributed by atoms with Crippen LogP contribution >= 0.6 is 0 Å². The Morgan fingerprint density at radius 1 is 0.941 bits per heavy atom. The molecule has 4 aromatic rings. The Hall–Kier alpha value is -3.95. The van der Waals surface area contributed by atoms with Gasteiger partial charge in [0.05, 0.1) is 23.5 Å². The fraction of sp³-hybridized carbons (Fsp3) is 0.375. The third-order valence-electron chi connectivity index (χ3n) is 5.60. The van der Waals surface area contributed by atoms with Crippen LogP contribution in [0.15, 0.2) is 47.6 Å². The second-order valence-electron chi connectivity index (χ2n) is 7.86. The van der Waals surface area contributed by atoms with E-state index in [0.717, 1.165) is 23.4 Å². The van der Waals surface area contributed by atoms with E-state index in [0.29, 0.717) is 23.2 Å². The van der Waals surface area contributed by atoms with Gasteiger partial charge in [-0.3, -0.25) is 4.98 Å². The van der Waals surface area contributed by atoms with Crippen LogP contribution in [0.25, 0.3) is 22.8 Å². The number of rotatable bonds is 7. The fourth-order valence-corrected chi connectivity index (χ4v) is 3.31. The zero-order chi connectivity index (χ0) is 24.7. The lowest BCUT2D eigenvalue weighted by atomic mass is 9.73. The lowest BCUT2D eigenvalue weighted by molar-refractivity contribution is 0.350. The number of pyridine rings is 1. The van der Waals surface area contributed by atoms with Crippen LogP contribution in [-0.2, 0) is 5.41 Å². The Labute approximate surface area is 199 Å². The van der Waals surface area contributed by atoms with Gasteiger partial charge in [-0.1, -0.05) is 38.9 Å². The van der Waals surface area contributed by atoms with Gasteiger partial charge in [0, 0.05) is 30.7 Å². The zero-order valence-corrected chi connectivity index (χ0v) is 20.4. The molecule has 0 bridgehead atoms. The van der Waals surface area contributed by atoms with Gasteiger partial charge in [-0.2, -0.15) is 4.98 Å². The van der Waals surface area contributed by atoms with E-state index < -0.39 is 5.41 Å². The predicted octanol–water partition coefficient (Wildman–Crippen LogP) is 4.38. The topological polar surface area (TPSA) is 141 Å². The van der Waals surface area contributed by atoms with Crippen molar-refractivity contribution >= 4 is 11.8 Å². The van der Waals surface area contributed by atoms with Crippen molar-refractivity contribution in [2.75, 3.05) is 17.6 Å². The van der Waals surface area contributed by atoms with E-state index in [1.54, 1.807) is 24.8 Å². The van der Waals surface area contributed by atoms with Gasteiger partial charge >= 0.3 is 0 Å². The quantitative estimate of drug-likeness (QED) is 0.407. The molecule has 4 heterocycles. The summed E-state index contributed by atoms with van der Waals surface area (Å²) in [5.41, 5.74) is 8.08. The second kappa shape index (κ2) is 10.8. The number of nitrogens with one attached hydrogen (secondary N) is 1. The van der Waals surface area contributed by atoms with Crippen molar-refractivity contribution in [3.05, 3.63) is 54.5 Å². The van der Waals surface area contributed by atoms with Crippen LogP contribution in [0.3, 0.4) is 0 Å². The van der Waals surface area contributed by atoms with Crippen LogP contribution in [0.5, 0.6) is 0 Å². The standard InChI is InChI=1S/C22H25N9O.C2H6/c1-5-24-18-12-26-17(11-27-18)19-30-20(31-32-19)22(4,13(2)3)15-6-7-16(25-10-15)14-8-28-21(23)29-9-14;1-2/h6-13H,5H2,1-4H3,(H,24,27)(H2,23,28,29);1-2H3. The van der Waals surface area contributed by atoms with Gasteiger partial charge in [-0.25, -0.2) is 19.9 Å². The SMILES string of the molecule is CC.CCNc1cnc(-c2nc(C(C)(c3ccc(-c4cnc(N)nc4)nc3)C(C)C)no2)cn1. The summed E-state index contributed by atoms with van der Waals surface area (Å²) in [4.78, 5) is 26.0. The highest BCUT2D eigenvalue weighted by Crippen LogP contribution is 2.38. The summed E-state index contributed by atoms with van der Waals surface area (Å²) in [6.45, 7) is 13.1. The maximum Gasteiger partial charge on any atom is 0.278 e. The molecule has 0 fully saturated rings. The second-order valence-corrected chi connectivity index (χ2v) is 7.86. The molecule has 178 valence electrons. The Bertz CT molecular complexity index is 1170. The first-order valence-electron chi connectivity index (χ1n) is 11.4. The van der Waals surface area contributed by atoms with Crippen molar-refractivity contribution < 1.29 is 4.52 Å². The minimum absolute atomic E-state index is 0.169. The van der Waals surface area contributed by atoms with E-state index in [9.17, 15) is 0 Å². The highest BCUT2D eigenvalue weighted by Gasteiger charge is 2.38. The smallest absolute Gasteiger partial charge is 0.278 e. The number of aromatic nitrogens is 7. The van der Waals surface area contributed by atoms with Crippen molar-refractivity contribution in [3.63, 3.8) is 0 Å². The molecule has 10 heteroatoms. The maximum atomic E-state index is 5.57. The summed E-state index contributed by atoms with van der Waals surface area (Å²) in [6.07, 6.45) is 8.40. The molecule has 0 aromatic carbocycles. The normalized spacial score (nSPS) is 12.6. The summed E-state index contributed by atoms with van der Waals surface area (Å²) in [6, 6.07) is 3.94. The van der Waals surface area contributed by atoms with Gasteiger partial charge in [-0.05, 0) is 31.4 Å². The maximum absolute atomic E-state index is 5.57. The zero-order valence-electron chi connectivity index (χ0n) is 20.4. The first-order valence-corrected chi connectivity index (χ1v) is 11.4. The molecule has 0 aliphatic heterocycles. The molecule has 4 aromatic heterocycles. The number of nitrogen functional groups attached to an aromatic ring is 1. The monoisotopic (exact) mass is 461 g/mol. The third kappa shape index (κ3) is 5.00. The van der Waals surface area contributed by atoms with Crippen molar-refractivity contribution in [2.45, 2.75) is 47.0 Å². The highest BCUT2D eigenvalue weighted by atomic mass is 16.5. The molecule has 0 aliphatic carbocycles. The Morgan fingerprint density at radius 2 is 1.65 bits per heavy atom. The van der Waals surface area contributed by atoms with Gasteiger partial charge in [-0.15, -0.1) is 0 Å². The van der Waals surface area contributed by atoms with Crippen LogP contribution in [0.1, 0.15) is 52.9 Å². The largest absolute Gasteiger partial charge is 0.369 e. The lowest BCUT2D eigenvalue weighted by Crippen LogP contribution is -2.31. The minimum Gasteiger partial charge on any atom is -0.369 e. The lowest BCUT2D eigenvalue weighted by Gasteiger charge is -2.30. The molecule has 0 saturated carbocycles. The van der Waals surface area contributed by atoms with Crippen molar-refractivity contribution in [1.82, 2.24) is 35.1 Å². The summed E-state index contributed by atoms with van der Waals surface area (Å²) in [5, 5.41) is 7.39. The van der Waals surface area contributed by atoms with E-state index in [2.05, 4.69) is 61.1 Å². The van der Waals surface area contributed by atoms with E-state index >= 15 is 0 Å². The molecule has 0 amide bonds. The number of hydrogen-bond acceptors (Lipinski definition) is 10. The molecule has 0 aliphatic rings. The molecule has 10 nitrogen and oxygen atoms in total. The summed E-state index contributed by atoms with van der Waals surface area (Å²) in [7, 11) is 0. The van der Waals surface area contributed by atoms with E-state index in [-0.39, 0.29) is 11.9 Å². The first kappa shape index (κ1) is 24.7. The molecule has 0 radical (unpaired) electrons. The van der Waals surface area contributed by atoms with Crippen molar-refractivity contribution in [1.29, 1.82) is 0 Å². The van der Waals surface area contributed by atoms with Gasteiger partial charge < -0.3 is 15.6 Å². The molecule has 1 atom stereocenters. The predicted molar refractivity (Wildman–Crippen MR) is 132 cm³/mol. The van der Waals surface area contributed by atoms with Crippen LogP contribution in [-0.4, -0.2) is 41.6 Å². The Kier molecular flexibility index (Phi) is 7.83. The molecule has 0 saturated heterocycles. The van der Waals surface area contributed by atoms with Crippen LogP contribution in [0.2, 0.25) is 0 Å². The number of hydrogen-bond donors (Lipinski definition) is 2. The molecular formula is C24H31N9O. The molecule has 1 unspecified atom stereocenters. The Morgan fingerprint density at radius 3 is 2.21 bits per heavy atom. The van der Waals surface area contributed by atoms with Gasteiger partial charge in [0.2, 0.25) is 5.95 Å². The molecule has 0 spiro atoms. The van der Waals surface area contributed by atoms with Crippen LogP contribution < -0.4 is 11.1 Å². The molecular weight excluding hydrogens is 430 g/mol. The van der Waals surface area contributed by atoms with Gasteiger partial charge in [0.25, 0.3) is 5.89 Å². The van der Waals surface area contributed by atoms with E-state index in [1.165, 1.54) is 0 Å². The third-order valence-corrected chi connectivity index (χ3v) is 5.60. The number of nitrogens with zero attached hydrogens (tertiary/aromatic N) is 7. The summed E-state index contributed by atoms with van der Waals surface area (Å²) < 4.78 is 5.54. The van der Waals surface area contributed by atoms with Gasteiger partial charge in [0.1, 0.15) is 11.5 Å². The summed E-state index contributed by atoms with van der Waals surface area (Å²) >= 11 is 0. The average Bonchev–Trinajstić information content (AvgIpc) is 3.37. The fourth-order valence-electron chi connectivity index (χ4n) is 3.31.